The number of carbonyl (C=O) groups is 4. The van der Waals surface area contributed by atoms with E-state index in [1.165, 1.54) is 123 Å². The molecule has 360 valence electrons. The van der Waals surface area contributed by atoms with Gasteiger partial charge in [-0.25, -0.2) is 0 Å². The number of ether oxygens (including phenoxy) is 4. The fraction of sp³-hybridized carbons (Fsp3) is 0.920. The summed E-state index contributed by atoms with van der Waals surface area (Å²) in [7, 11) is 3.51. The molecule has 0 aliphatic heterocycles. The van der Waals surface area contributed by atoms with E-state index in [9.17, 15) is 19.2 Å². The molecule has 11 heteroatoms. The van der Waals surface area contributed by atoms with Crippen LogP contribution in [0.2, 0.25) is 0 Å². The smallest absolute Gasteiger partial charge is 0.307 e. The summed E-state index contributed by atoms with van der Waals surface area (Å²) in [4.78, 5) is 56.3. The minimum atomic E-state index is -0.252. The molecule has 0 atom stereocenters. The molecule has 0 aromatic rings. The van der Waals surface area contributed by atoms with Gasteiger partial charge in [0, 0.05) is 26.2 Å². The number of hydrogen-bond acceptors (Lipinski definition) is 11. The fourth-order valence-electron chi connectivity index (χ4n) is 7.49. The van der Waals surface area contributed by atoms with Gasteiger partial charge in [-0.2, -0.15) is 0 Å². The first-order chi connectivity index (χ1) is 29.7. The molecule has 0 radical (unpaired) electrons. The van der Waals surface area contributed by atoms with Crippen molar-refractivity contribution >= 4 is 23.9 Å². The van der Waals surface area contributed by atoms with Gasteiger partial charge in [-0.1, -0.05) is 156 Å². The number of hydrogen-bond donors (Lipinski definition) is 0. The molecule has 0 aromatic heterocycles. The van der Waals surface area contributed by atoms with Crippen LogP contribution in [0.4, 0.5) is 0 Å². The summed E-state index contributed by atoms with van der Waals surface area (Å²) in [6.45, 7) is 13.6. The van der Waals surface area contributed by atoms with Crippen LogP contribution in [0.1, 0.15) is 213 Å². The topological polar surface area (TPSA) is 115 Å². The summed E-state index contributed by atoms with van der Waals surface area (Å²) in [5.74, 6) is -0.773. The second-order valence-corrected chi connectivity index (χ2v) is 17.4. The Morgan fingerprint density at radius 3 is 0.869 bits per heavy atom. The lowest BCUT2D eigenvalue weighted by Crippen LogP contribution is -2.34. The molecule has 0 amide bonds. The summed E-state index contributed by atoms with van der Waals surface area (Å²) in [6, 6.07) is 0. The second kappa shape index (κ2) is 45.8. The Balaban J connectivity index is 4.75. The van der Waals surface area contributed by atoms with Crippen LogP contribution in [0.15, 0.2) is 0 Å². The Kier molecular flexibility index (Phi) is 44.1. The zero-order chi connectivity index (χ0) is 44.9. The van der Waals surface area contributed by atoms with Gasteiger partial charge in [0.05, 0.1) is 52.6 Å². The molecule has 0 aliphatic rings. The van der Waals surface area contributed by atoms with Crippen molar-refractivity contribution in [1.29, 1.82) is 0 Å². The van der Waals surface area contributed by atoms with Gasteiger partial charge in [0.15, 0.2) is 0 Å². The zero-order valence-electron chi connectivity index (χ0n) is 40.6. The van der Waals surface area contributed by atoms with Gasteiger partial charge in [0.2, 0.25) is 0 Å². The van der Waals surface area contributed by atoms with E-state index in [1.807, 2.05) is 0 Å². The first-order valence-corrected chi connectivity index (χ1v) is 25.4. The van der Waals surface area contributed by atoms with Crippen molar-refractivity contribution < 1.29 is 38.1 Å². The molecule has 0 bridgehead atoms. The minimum Gasteiger partial charge on any atom is -0.469 e. The first kappa shape index (κ1) is 58.8. The summed E-state index contributed by atoms with van der Waals surface area (Å²) < 4.78 is 21.5. The van der Waals surface area contributed by atoms with Crippen LogP contribution in [0.5, 0.6) is 0 Å². The molecule has 0 aromatic carbocycles. The summed E-state index contributed by atoms with van der Waals surface area (Å²) in [5, 5.41) is 0. The van der Waals surface area contributed by atoms with E-state index in [4.69, 9.17) is 18.9 Å². The molecule has 0 spiro atoms. The molecule has 0 saturated heterocycles. The van der Waals surface area contributed by atoms with E-state index in [2.05, 4.69) is 42.5 Å². The predicted octanol–water partition coefficient (Wildman–Crippen LogP) is 11.1. The lowest BCUT2D eigenvalue weighted by molar-refractivity contribution is -0.145. The Morgan fingerprint density at radius 1 is 0.328 bits per heavy atom. The molecule has 0 unspecified atom stereocenters. The van der Waals surface area contributed by atoms with Crippen molar-refractivity contribution in [3.05, 3.63) is 0 Å². The summed E-state index contributed by atoms with van der Waals surface area (Å²) >= 11 is 0. The number of rotatable bonds is 47. The predicted molar refractivity (Wildman–Crippen MR) is 251 cm³/mol. The largest absolute Gasteiger partial charge is 0.469 e. The van der Waals surface area contributed by atoms with Crippen LogP contribution in [0.3, 0.4) is 0 Å². The van der Waals surface area contributed by atoms with E-state index in [1.54, 1.807) is 0 Å². The van der Waals surface area contributed by atoms with Gasteiger partial charge >= 0.3 is 23.9 Å². The Hall–Kier alpha value is -2.24. The average molecular weight is 868 g/mol. The molecule has 0 rings (SSSR count). The fourth-order valence-corrected chi connectivity index (χ4v) is 7.49. The first-order valence-electron chi connectivity index (χ1n) is 25.4. The van der Waals surface area contributed by atoms with Crippen LogP contribution in [-0.2, 0) is 38.1 Å². The normalized spacial score (nSPS) is 11.5. The molecular formula is C50H97N3O8. The Labute approximate surface area is 375 Å². The molecular weight excluding hydrogens is 771 g/mol. The number of esters is 4. The van der Waals surface area contributed by atoms with Crippen LogP contribution in [0.25, 0.3) is 0 Å². The average Bonchev–Trinajstić information content (AvgIpc) is 3.25. The van der Waals surface area contributed by atoms with Crippen molar-refractivity contribution in [1.82, 2.24) is 14.7 Å². The Morgan fingerprint density at radius 2 is 0.590 bits per heavy atom. The highest BCUT2D eigenvalue weighted by molar-refractivity contribution is 5.70. The van der Waals surface area contributed by atoms with Gasteiger partial charge < -0.3 is 33.6 Å². The number of carbonyl (C=O) groups excluding carboxylic acids is 4. The van der Waals surface area contributed by atoms with E-state index >= 15 is 0 Å². The van der Waals surface area contributed by atoms with E-state index in [-0.39, 0.29) is 30.3 Å². The van der Waals surface area contributed by atoms with Crippen molar-refractivity contribution in [2.75, 3.05) is 86.3 Å². The maximum absolute atomic E-state index is 12.6. The van der Waals surface area contributed by atoms with Crippen LogP contribution < -0.4 is 0 Å². The van der Waals surface area contributed by atoms with Gasteiger partial charge in [-0.05, 0) is 65.3 Å². The van der Waals surface area contributed by atoms with Crippen molar-refractivity contribution in [3.8, 4) is 0 Å². The van der Waals surface area contributed by atoms with Crippen molar-refractivity contribution in [2.24, 2.45) is 0 Å². The lowest BCUT2D eigenvalue weighted by atomic mass is 10.1. The van der Waals surface area contributed by atoms with Crippen LogP contribution in [-0.4, -0.2) is 125 Å². The summed E-state index contributed by atoms with van der Waals surface area (Å²) in [6.07, 6.45) is 31.9. The molecule has 0 fully saturated rings. The van der Waals surface area contributed by atoms with Crippen molar-refractivity contribution in [2.45, 2.75) is 213 Å². The van der Waals surface area contributed by atoms with Crippen LogP contribution >= 0.6 is 0 Å². The molecule has 0 heterocycles. The van der Waals surface area contributed by atoms with Gasteiger partial charge in [0.1, 0.15) is 0 Å². The van der Waals surface area contributed by atoms with Gasteiger partial charge in [-0.3, -0.25) is 19.2 Å². The monoisotopic (exact) mass is 868 g/mol. The quantitative estimate of drug-likeness (QED) is 0.0331. The third kappa shape index (κ3) is 42.8. The number of unbranched alkanes of at least 4 members (excludes halogenated alkanes) is 21. The molecule has 0 N–H and O–H groups in total. The maximum Gasteiger partial charge on any atom is 0.307 e. The van der Waals surface area contributed by atoms with Crippen LogP contribution in [0, 0.1) is 0 Å². The Bertz CT molecular complexity index is 977. The molecule has 0 saturated carbocycles. The van der Waals surface area contributed by atoms with E-state index < -0.39 is 0 Å². The van der Waals surface area contributed by atoms with Gasteiger partial charge in [-0.15, -0.1) is 0 Å². The maximum atomic E-state index is 12.6. The third-order valence-electron chi connectivity index (χ3n) is 11.6. The molecule has 61 heavy (non-hydrogen) atoms. The lowest BCUT2D eigenvalue weighted by Gasteiger charge is -2.25. The van der Waals surface area contributed by atoms with Gasteiger partial charge in [0.25, 0.3) is 0 Å². The second-order valence-electron chi connectivity index (χ2n) is 17.4. The highest BCUT2D eigenvalue weighted by Crippen LogP contribution is 2.12. The SMILES string of the molecule is CCCCCCCCCCOC(=O)CCN(CCCN(C)CCCN(CCC(=O)OCCCCCCCCCC)CCC(=O)OCCCCCCCCCC)CCC(=O)OC. The standard InChI is InChI=1S/C50H97N3O8/c1-6-9-12-15-18-21-24-27-44-59-48(55)33-41-52(40-32-47(54)58-5)38-30-36-51(4)37-31-39-53(42-34-49(56)60-45-28-25-22-19-16-13-10-7-2)43-35-50(57)61-46-29-26-23-20-17-14-11-8-3/h6-46H2,1-5H3. The van der Waals surface area contributed by atoms with E-state index in [0.29, 0.717) is 65.3 Å². The highest BCUT2D eigenvalue weighted by Gasteiger charge is 2.15. The van der Waals surface area contributed by atoms with Crippen molar-refractivity contribution in [3.63, 3.8) is 0 Å². The summed E-state index contributed by atoms with van der Waals surface area (Å²) in [5.41, 5.74) is 0. The number of methoxy groups -OCH3 is 1. The van der Waals surface area contributed by atoms with E-state index in [0.717, 1.165) is 77.5 Å². The number of nitrogens with zero attached hydrogens (tertiary/aromatic N) is 3. The minimum absolute atomic E-state index is 0.171. The molecule has 11 nitrogen and oxygen atoms in total. The highest BCUT2D eigenvalue weighted by atomic mass is 16.5. The zero-order valence-corrected chi connectivity index (χ0v) is 40.6. The molecule has 0 aliphatic carbocycles. The third-order valence-corrected chi connectivity index (χ3v) is 11.6.